The molecule has 0 N–H and O–H groups in total. The van der Waals surface area contributed by atoms with Crippen molar-refractivity contribution in [2.75, 3.05) is 0 Å². The first kappa shape index (κ1) is 16.8. The molecule has 26 heavy (non-hydrogen) atoms. The van der Waals surface area contributed by atoms with Crippen molar-refractivity contribution < 1.29 is 4.57 Å². The third kappa shape index (κ3) is 2.77. The van der Waals surface area contributed by atoms with E-state index in [2.05, 4.69) is 4.98 Å². The van der Waals surface area contributed by atoms with Crippen molar-refractivity contribution in [3.8, 4) is 0 Å². The van der Waals surface area contributed by atoms with Crippen LogP contribution in [0.3, 0.4) is 0 Å². The molecule has 0 aliphatic carbocycles. The zero-order chi connectivity index (χ0) is 18.1. The number of aryl methyl sites for hydroxylation is 2. The zero-order valence-corrected chi connectivity index (χ0v) is 15.8. The van der Waals surface area contributed by atoms with Crippen LogP contribution in [0.25, 0.3) is 10.8 Å². The Kier molecular flexibility index (Phi) is 4.22. The molecule has 0 saturated heterocycles. The second-order valence-electron chi connectivity index (χ2n) is 6.64. The Morgan fingerprint density at radius 2 is 1.23 bits per heavy atom. The van der Waals surface area contributed by atoms with Gasteiger partial charge >= 0.3 is 0 Å². The first-order chi connectivity index (χ1) is 12.6. The van der Waals surface area contributed by atoms with Crippen molar-refractivity contribution in [2.45, 2.75) is 13.8 Å². The summed E-state index contributed by atoms with van der Waals surface area (Å²) in [6, 6.07) is 25.9. The number of benzene rings is 3. The molecule has 0 unspecified atom stereocenters. The van der Waals surface area contributed by atoms with Crippen molar-refractivity contribution in [1.82, 2.24) is 4.98 Å². The van der Waals surface area contributed by atoms with Gasteiger partial charge in [0.15, 0.2) is 7.14 Å². The molecule has 0 fully saturated rings. The van der Waals surface area contributed by atoms with Crippen LogP contribution in [-0.4, -0.2) is 4.98 Å². The molecule has 1 aromatic heterocycles. The lowest BCUT2D eigenvalue weighted by molar-refractivity contribution is 0.592. The summed E-state index contributed by atoms with van der Waals surface area (Å²) in [6.07, 6.45) is 1.76. The minimum atomic E-state index is -3.07. The highest BCUT2D eigenvalue weighted by molar-refractivity contribution is 7.85. The zero-order valence-electron chi connectivity index (χ0n) is 14.9. The van der Waals surface area contributed by atoms with Gasteiger partial charge in [-0.2, -0.15) is 0 Å². The maximum Gasteiger partial charge on any atom is 0.189 e. The van der Waals surface area contributed by atoms with Gasteiger partial charge in [-0.05, 0) is 25.3 Å². The van der Waals surface area contributed by atoms with E-state index >= 15 is 0 Å². The molecule has 3 aromatic carbocycles. The van der Waals surface area contributed by atoms with Crippen LogP contribution in [0.2, 0.25) is 0 Å². The molecule has 4 rings (SSSR count). The summed E-state index contributed by atoms with van der Waals surface area (Å²) in [6.45, 7) is 4.08. The van der Waals surface area contributed by atoms with Gasteiger partial charge in [-0.15, -0.1) is 0 Å². The van der Waals surface area contributed by atoms with E-state index in [4.69, 9.17) is 0 Å². The lowest BCUT2D eigenvalue weighted by Gasteiger charge is -2.21. The monoisotopic (exact) mass is 357 g/mol. The Morgan fingerprint density at radius 1 is 0.692 bits per heavy atom. The van der Waals surface area contributed by atoms with Crippen LogP contribution in [0.1, 0.15) is 11.1 Å². The fourth-order valence-electron chi connectivity index (χ4n) is 3.26. The molecular formula is C23H20NOP. The lowest BCUT2D eigenvalue weighted by Crippen LogP contribution is -2.27. The maximum absolute atomic E-state index is 14.6. The van der Waals surface area contributed by atoms with Gasteiger partial charge in [0.05, 0.1) is 0 Å². The fraction of sp³-hybridized carbons (Fsp3) is 0.0870. The quantitative estimate of drug-likeness (QED) is 0.506. The Balaban J connectivity index is 2.06. The molecule has 0 bridgehead atoms. The molecule has 0 aliphatic heterocycles. The number of hydrogen-bond donors (Lipinski definition) is 0. The molecule has 2 nitrogen and oxygen atoms in total. The van der Waals surface area contributed by atoms with Gasteiger partial charge in [0.1, 0.15) is 5.44 Å². The van der Waals surface area contributed by atoms with Gasteiger partial charge in [-0.25, -0.2) is 0 Å². The van der Waals surface area contributed by atoms with Gasteiger partial charge in [-0.1, -0.05) is 83.9 Å². The summed E-state index contributed by atoms with van der Waals surface area (Å²) in [7, 11) is -3.07. The highest BCUT2D eigenvalue weighted by atomic mass is 31.2. The Bertz CT molecular complexity index is 1060. The predicted molar refractivity (Wildman–Crippen MR) is 111 cm³/mol. The Hall–Kier alpha value is -2.70. The van der Waals surface area contributed by atoms with E-state index in [0.717, 1.165) is 32.5 Å². The Labute approximate surface area is 153 Å². The largest absolute Gasteiger partial charge is 0.307 e. The van der Waals surface area contributed by atoms with Gasteiger partial charge < -0.3 is 4.57 Å². The van der Waals surface area contributed by atoms with Gasteiger partial charge in [0, 0.05) is 22.2 Å². The normalized spacial score (nSPS) is 11.6. The van der Waals surface area contributed by atoms with Crippen molar-refractivity contribution in [1.29, 1.82) is 0 Å². The SMILES string of the molecule is Cc1ccc(P(=O)(c2ccc(C)cc2)c2nccc3ccccc23)cc1. The van der Waals surface area contributed by atoms with Gasteiger partial charge in [-0.3, -0.25) is 4.98 Å². The minimum absolute atomic E-state index is 0.656. The molecule has 0 atom stereocenters. The molecular weight excluding hydrogens is 337 g/mol. The molecule has 4 aromatic rings. The van der Waals surface area contributed by atoms with E-state index in [1.54, 1.807) is 6.20 Å². The van der Waals surface area contributed by atoms with Gasteiger partial charge in [0.2, 0.25) is 0 Å². The first-order valence-corrected chi connectivity index (χ1v) is 10.4. The average Bonchev–Trinajstić information content (AvgIpc) is 2.68. The summed E-state index contributed by atoms with van der Waals surface area (Å²) >= 11 is 0. The molecule has 128 valence electrons. The summed E-state index contributed by atoms with van der Waals surface area (Å²) in [5, 5.41) is 3.63. The van der Waals surface area contributed by atoms with Crippen LogP contribution in [0.5, 0.6) is 0 Å². The van der Waals surface area contributed by atoms with E-state index in [0.29, 0.717) is 5.44 Å². The predicted octanol–water partition coefficient (Wildman–Crippen LogP) is 4.49. The van der Waals surface area contributed by atoms with E-state index in [1.807, 2.05) is 92.7 Å². The van der Waals surface area contributed by atoms with Crippen LogP contribution in [0, 0.1) is 13.8 Å². The van der Waals surface area contributed by atoms with Crippen LogP contribution in [0.15, 0.2) is 85.1 Å². The first-order valence-electron chi connectivity index (χ1n) is 8.68. The number of pyridine rings is 1. The Morgan fingerprint density at radius 3 is 1.81 bits per heavy atom. The maximum atomic E-state index is 14.6. The number of hydrogen-bond acceptors (Lipinski definition) is 2. The fourth-order valence-corrected chi connectivity index (χ4v) is 5.95. The summed E-state index contributed by atoms with van der Waals surface area (Å²) in [4.78, 5) is 4.61. The van der Waals surface area contributed by atoms with E-state index < -0.39 is 7.14 Å². The van der Waals surface area contributed by atoms with Crippen molar-refractivity contribution in [3.05, 3.63) is 96.2 Å². The van der Waals surface area contributed by atoms with Crippen molar-refractivity contribution in [2.24, 2.45) is 0 Å². The van der Waals surface area contributed by atoms with Crippen LogP contribution < -0.4 is 16.0 Å². The van der Waals surface area contributed by atoms with Crippen LogP contribution in [0.4, 0.5) is 0 Å². The van der Waals surface area contributed by atoms with Gasteiger partial charge in [0.25, 0.3) is 0 Å². The third-order valence-electron chi connectivity index (χ3n) is 4.75. The van der Waals surface area contributed by atoms with Crippen LogP contribution >= 0.6 is 7.14 Å². The highest BCUT2D eigenvalue weighted by Crippen LogP contribution is 2.43. The third-order valence-corrected chi connectivity index (χ3v) is 7.75. The minimum Gasteiger partial charge on any atom is -0.307 e. The van der Waals surface area contributed by atoms with E-state index in [9.17, 15) is 4.57 Å². The molecule has 0 amide bonds. The number of aromatic nitrogens is 1. The standard InChI is InChI=1S/C23H20NOP/c1-17-7-11-20(12-8-17)26(25,21-13-9-18(2)10-14-21)23-22-6-4-3-5-19(22)15-16-24-23/h3-16H,1-2H3. The molecule has 3 heteroatoms. The van der Waals surface area contributed by atoms with Crippen LogP contribution in [-0.2, 0) is 4.57 Å². The summed E-state index contributed by atoms with van der Waals surface area (Å²) in [5.41, 5.74) is 2.95. The van der Waals surface area contributed by atoms with Crippen molar-refractivity contribution in [3.63, 3.8) is 0 Å². The van der Waals surface area contributed by atoms with Crippen molar-refractivity contribution >= 4 is 34.0 Å². The number of nitrogens with zero attached hydrogens (tertiary/aromatic N) is 1. The summed E-state index contributed by atoms with van der Waals surface area (Å²) < 4.78 is 14.6. The number of rotatable bonds is 3. The second-order valence-corrected chi connectivity index (χ2v) is 9.31. The van der Waals surface area contributed by atoms with E-state index in [-0.39, 0.29) is 0 Å². The highest BCUT2D eigenvalue weighted by Gasteiger charge is 2.32. The molecule has 1 heterocycles. The average molecular weight is 357 g/mol. The topological polar surface area (TPSA) is 30.0 Å². The summed E-state index contributed by atoms with van der Waals surface area (Å²) in [5.74, 6) is 0. The number of fused-ring (bicyclic) bond motifs is 1. The lowest BCUT2D eigenvalue weighted by atomic mass is 10.2. The van der Waals surface area contributed by atoms with E-state index in [1.165, 1.54) is 0 Å². The molecule has 0 radical (unpaired) electrons. The second kappa shape index (κ2) is 6.55. The molecule has 0 spiro atoms. The smallest absolute Gasteiger partial charge is 0.189 e. The molecule has 0 aliphatic rings. The molecule has 0 saturated carbocycles.